The van der Waals surface area contributed by atoms with Crippen LogP contribution in [0, 0.1) is 12.8 Å². The van der Waals surface area contributed by atoms with E-state index in [0.717, 1.165) is 5.82 Å². The van der Waals surface area contributed by atoms with E-state index < -0.39 is 0 Å². The van der Waals surface area contributed by atoms with Crippen LogP contribution in [0.1, 0.15) is 43.1 Å². The Morgan fingerprint density at radius 1 is 1.14 bits per heavy atom. The second kappa shape index (κ2) is 5.22. The molecule has 2 saturated heterocycles. The van der Waals surface area contributed by atoms with Crippen LogP contribution in [0.15, 0.2) is 30.3 Å². The number of hydrogen-bond donors (Lipinski definition) is 1. The lowest BCUT2D eigenvalue weighted by Crippen LogP contribution is -2.41. The van der Waals surface area contributed by atoms with Crippen LogP contribution in [-0.4, -0.2) is 32.3 Å². The summed E-state index contributed by atoms with van der Waals surface area (Å²) in [5.74, 6) is 1.33. The van der Waals surface area contributed by atoms with Crippen molar-refractivity contribution in [2.45, 2.75) is 50.7 Å². The van der Waals surface area contributed by atoms with Crippen molar-refractivity contribution in [1.29, 1.82) is 0 Å². The fourth-order valence-corrected chi connectivity index (χ4v) is 4.02. The maximum absolute atomic E-state index is 4.51. The lowest BCUT2D eigenvalue weighted by atomic mass is 9.83. The van der Waals surface area contributed by atoms with E-state index in [1.807, 2.05) is 11.7 Å². The molecule has 1 aromatic heterocycles. The Morgan fingerprint density at radius 2 is 1.86 bits per heavy atom. The zero-order valence-corrected chi connectivity index (χ0v) is 12.3. The zero-order chi connectivity index (χ0) is 14.2. The van der Waals surface area contributed by atoms with Gasteiger partial charge in [-0.3, -0.25) is 0 Å². The first kappa shape index (κ1) is 13.0. The van der Waals surface area contributed by atoms with Gasteiger partial charge in [-0.05, 0) is 49.3 Å². The van der Waals surface area contributed by atoms with Gasteiger partial charge in [-0.2, -0.15) is 4.80 Å². The molecular formula is C16H21N5. The van der Waals surface area contributed by atoms with Crippen molar-refractivity contribution in [2.75, 3.05) is 0 Å². The third-order valence-corrected chi connectivity index (χ3v) is 4.87. The summed E-state index contributed by atoms with van der Waals surface area (Å²) in [5.41, 5.74) is 1.29. The van der Waals surface area contributed by atoms with Crippen molar-refractivity contribution in [2.24, 2.45) is 5.92 Å². The molecule has 0 spiro atoms. The predicted molar refractivity (Wildman–Crippen MR) is 79.8 cm³/mol. The van der Waals surface area contributed by atoms with Crippen LogP contribution >= 0.6 is 0 Å². The SMILES string of the molecule is Cc1nnn([C@H](c2ccccc2)C2CC3CCC(C2)N3)n1. The summed E-state index contributed by atoms with van der Waals surface area (Å²) in [6, 6.07) is 12.2. The molecule has 0 aliphatic carbocycles. The molecule has 21 heavy (non-hydrogen) atoms. The predicted octanol–water partition coefficient (Wildman–Crippen LogP) is 2.10. The first-order chi connectivity index (χ1) is 10.3. The van der Waals surface area contributed by atoms with Crippen molar-refractivity contribution < 1.29 is 0 Å². The normalized spacial score (nSPS) is 29.5. The van der Waals surface area contributed by atoms with Crippen LogP contribution in [0.4, 0.5) is 0 Å². The number of aromatic nitrogens is 4. The molecule has 2 fully saturated rings. The van der Waals surface area contributed by atoms with Crippen LogP contribution in [0.5, 0.6) is 0 Å². The molecule has 1 N–H and O–H groups in total. The quantitative estimate of drug-likeness (QED) is 0.937. The third kappa shape index (κ3) is 2.46. The molecule has 2 aliphatic rings. The number of rotatable bonds is 3. The van der Waals surface area contributed by atoms with Gasteiger partial charge in [0.1, 0.15) is 6.04 Å². The average Bonchev–Trinajstić information content (AvgIpc) is 3.06. The Kier molecular flexibility index (Phi) is 3.22. The number of nitrogens with one attached hydrogen (secondary N) is 1. The summed E-state index contributed by atoms with van der Waals surface area (Å²) in [6.45, 7) is 1.90. The molecule has 110 valence electrons. The second-order valence-electron chi connectivity index (χ2n) is 6.38. The molecule has 2 aromatic rings. The molecule has 0 saturated carbocycles. The lowest BCUT2D eigenvalue weighted by molar-refractivity contribution is 0.218. The Bertz CT molecular complexity index is 596. The molecule has 2 bridgehead atoms. The highest BCUT2D eigenvalue weighted by Crippen LogP contribution is 2.39. The number of benzene rings is 1. The molecule has 0 radical (unpaired) electrons. The smallest absolute Gasteiger partial charge is 0.171 e. The molecule has 3 atom stereocenters. The van der Waals surface area contributed by atoms with E-state index in [2.05, 4.69) is 51.1 Å². The van der Waals surface area contributed by atoms with E-state index in [0.29, 0.717) is 18.0 Å². The molecule has 2 unspecified atom stereocenters. The number of hydrogen-bond acceptors (Lipinski definition) is 4. The van der Waals surface area contributed by atoms with Crippen LogP contribution in [-0.2, 0) is 0 Å². The monoisotopic (exact) mass is 283 g/mol. The average molecular weight is 283 g/mol. The zero-order valence-electron chi connectivity index (χ0n) is 12.3. The molecular weight excluding hydrogens is 262 g/mol. The molecule has 0 amide bonds. The van der Waals surface area contributed by atoms with Gasteiger partial charge in [0.2, 0.25) is 0 Å². The molecule has 5 nitrogen and oxygen atoms in total. The van der Waals surface area contributed by atoms with Gasteiger partial charge in [0.15, 0.2) is 5.82 Å². The molecule has 2 aliphatic heterocycles. The maximum Gasteiger partial charge on any atom is 0.171 e. The van der Waals surface area contributed by atoms with Crippen LogP contribution in [0.25, 0.3) is 0 Å². The van der Waals surface area contributed by atoms with Gasteiger partial charge in [-0.1, -0.05) is 30.3 Å². The van der Waals surface area contributed by atoms with Crippen molar-refractivity contribution in [3.05, 3.63) is 41.7 Å². The van der Waals surface area contributed by atoms with Crippen LogP contribution < -0.4 is 5.32 Å². The summed E-state index contributed by atoms with van der Waals surface area (Å²) < 4.78 is 0. The topological polar surface area (TPSA) is 55.6 Å². The number of nitrogens with zero attached hydrogens (tertiary/aromatic N) is 4. The first-order valence-corrected chi connectivity index (χ1v) is 7.86. The van der Waals surface area contributed by atoms with E-state index in [-0.39, 0.29) is 6.04 Å². The summed E-state index contributed by atoms with van der Waals surface area (Å²) in [6.07, 6.45) is 5.03. The molecule has 1 aromatic carbocycles. The van der Waals surface area contributed by atoms with Gasteiger partial charge < -0.3 is 5.32 Å². The summed E-state index contributed by atoms with van der Waals surface area (Å²) in [7, 11) is 0. The number of fused-ring (bicyclic) bond motifs is 2. The summed E-state index contributed by atoms with van der Waals surface area (Å²) in [5, 5.41) is 16.6. The highest BCUT2D eigenvalue weighted by Gasteiger charge is 2.39. The molecule has 5 heteroatoms. The van der Waals surface area contributed by atoms with Gasteiger partial charge >= 0.3 is 0 Å². The number of piperidine rings is 1. The number of tetrazole rings is 1. The fraction of sp³-hybridized carbons (Fsp3) is 0.562. The minimum absolute atomic E-state index is 0.206. The molecule has 4 rings (SSSR count). The van der Waals surface area contributed by atoms with Crippen LogP contribution in [0.2, 0.25) is 0 Å². The summed E-state index contributed by atoms with van der Waals surface area (Å²) >= 11 is 0. The third-order valence-electron chi connectivity index (χ3n) is 4.87. The lowest BCUT2D eigenvalue weighted by Gasteiger charge is -2.34. The Balaban J connectivity index is 1.70. The minimum atomic E-state index is 0.206. The Labute approximate surface area is 124 Å². The van der Waals surface area contributed by atoms with E-state index in [1.54, 1.807) is 0 Å². The first-order valence-electron chi connectivity index (χ1n) is 7.86. The van der Waals surface area contributed by atoms with Crippen molar-refractivity contribution in [3.63, 3.8) is 0 Å². The highest BCUT2D eigenvalue weighted by atomic mass is 15.6. The van der Waals surface area contributed by atoms with Gasteiger partial charge in [-0.15, -0.1) is 10.2 Å². The van der Waals surface area contributed by atoms with Gasteiger partial charge in [0, 0.05) is 12.1 Å². The summed E-state index contributed by atoms with van der Waals surface area (Å²) in [4.78, 5) is 1.83. The van der Waals surface area contributed by atoms with Gasteiger partial charge in [-0.25, -0.2) is 0 Å². The largest absolute Gasteiger partial charge is 0.311 e. The van der Waals surface area contributed by atoms with Crippen molar-refractivity contribution in [1.82, 2.24) is 25.5 Å². The fourth-order valence-electron chi connectivity index (χ4n) is 4.02. The van der Waals surface area contributed by atoms with E-state index in [4.69, 9.17) is 0 Å². The highest BCUT2D eigenvalue weighted by molar-refractivity contribution is 5.20. The maximum atomic E-state index is 4.51. The van der Waals surface area contributed by atoms with E-state index in [1.165, 1.54) is 31.2 Å². The standard InChI is InChI=1S/C16H21N5/c1-11-18-20-21(19-11)16(12-5-3-2-4-6-12)13-9-14-7-8-15(10-13)17-14/h2-6,13-17H,7-10H2,1H3/t13?,14?,15?,16-/m1/s1. The van der Waals surface area contributed by atoms with Gasteiger partial charge in [0.25, 0.3) is 0 Å². The van der Waals surface area contributed by atoms with Crippen LogP contribution in [0.3, 0.4) is 0 Å². The van der Waals surface area contributed by atoms with E-state index in [9.17, 15) is 0 Å². The van der Waals surface area contributed by atoms with E-state index >= 15 is 0 Å². The Morgan fingerprint density at radius 3 is 2.48 bits per heavy atom. The second-order valence-corrected chi connectivity index (χ2v) is 6.38. The van der Waals surface area contributed by atoms with Crippen molar-refractivity contribution >= 4 is 0 Å². The van der Waals surface area contributed by atoms with Gasteiger partial charge in [0.05, 0.1) is 0 Å². The molecule has 3 heterocycles. The number of aryl methyl sites for hydroxylation is 1. The minimum Gasteiger partial charge on any atom is -0.311 e. The Hall–Kier alpha value is -1.75. The van der Waals surface area contributed by atoms with Crippen molar-refractivity contribution in [3.8, 4) is 0 Å².